The Morgan fingerprint density at radius 1 is 1.14 bits per heavy atom. The second-order valence-electron chi connectivity index (χ2n) is 7.72. The first-order valence-corrected chi connectivity index (χ1v) is 9.94. The second-order valence-corrected chi connectivity index (χ2v) is 7.72. The minimum Gasteiger partial charge on any atom is -0.326 e. The number of rotatable bonds is 3. The monoisotopic (exact) mass is 387 g/mol. The van der Waals surface area contributed by atoms with E-state index in [1.54, 1.807) is 12.1 Å². The molecule has 2 aliphatic carbocycles. The van der Waals surface area contributed by atoms with Gasteiger partial charge in [0.1, 0.15) is 5.82 Å². The molecule has 0 unspecified atom stereocenters. The van der Waals surface area contributed by atoms with Gasteiger partial charge in [-0.05, 0) is 66.5 Å². The van der Waals surface area contributed by atoms with Crippen LogP contribution in [0.3, 0.4) is 0 Å². The van der Waals surface area contributed by atoms with Gasteiger partial charge in [-0.25, -0.2) is 4.39 Å². The van der Waals surface area contributed by atoms with E-state index in [-0.39, 0.29) is 23.6 Å². The van der Waals surface area contributed by atoms with Crippen molar-refractivity contribution in [1.82, 2.24) is 5.43 Å². The maximum atomic E-state index is 13.3. The summed E-state index contributed by atoms with van der Waals surface area (Å²) >= 11 is 0. The number of amides is 1. The van der Waals surface area contributed by atoms with E-state index in [1.165, 1.54) is 23.3 Å². The second kappa shape index (κ2) is 6.92. The van der Waals surface area contributed by atoms with Gasteiger partial charge in [0.15, 0.2) is 0 Å². The fourth-order valence-corrected chi connectivity index (χ4v) is 4.62. The molecule has 1 amide bonds. The summed E-state index contributed by atoms with van der Waals surface area (Å²) in [5, 5.41) is 5.04. The molecular formula is C24H22FN3O. The van der Waals surface area contributed by atoms with E-state index in [2.05, 4.69) is 23.7 Å². The quantitative estimate of drug-likeness (QED) is 0.786. The number of benzene rings is 2. The van der Waals surface area contributed by atoms with Crippen LogP contribution in [0.15, 0.2) is 89.3 Å². The minimum absolute atomic E-state index is 0.0619. The number of allylic oxidation sites excluding steroid dienone is 3. The number of nitrogens with zero attached hydrogens (tertiary/aromatic N) is 1. The molecule has 0 bridgehead atoms. The molecule has 2 aromatic rings. The number of hydrogen-bond acceptors (Lipinski definition) is 3. The van der Waals surface area contributed by atoms with E-state index in [0.717, 1.165) is 35.5 Å². The standard InChI is InChI=1S/C24H22FN3O/c1-15-21-14-26-28(19-10-8-17(25)9-11-19)22(21)13-16-7-12-20(23(15)16)24(29)27-18-5-3-2-4-6-18/h2-6,8-11,13-15,20,26H,7,12H2,1H3,(H,27,29)/t15-,20-/m0/s1. The highest BCUT2D eigenvalue weighted by Crippen LogP contribution is 2.48. The van der Waals surface area contributed by atoms with Gasteiger partial charge in [-0.3, -0.25) is 9.80 Å². The van der Waals surface area contributed by atoms with Gasteiger partial charge in [0.05, 0.1) is 17.3 Å². The molecule has 0 radical (unpaired) electrons. The van der Waals surface area contributed by atoms with Crippen LogP contribution >= 0.6 is 0 Å². The Morgan fingerprint density at radius 3 is 2.66 bits per heavy atom. The third kappa shape index (κ3) is 3.03. The lowest BCUT2D eigenvalue weighted by Gasteiger charge is -2.29. The third-order valence-corrected chi connectivity index (χ3v) is 6.02. The van der Waals surface area contributed by atoms with Crippen LogP contribution in [-0.2, 0) is 4.79 Å². The lowest BCUT2D eigenvalue weighted by molar-refractivity contribution is -0.118. The number of nitrogens with one attached hydrogen (secondary N) is 2. The van der Waals surface area contributed by atoms with Gasteiger partial charge in [0, 0.05) is 23.4 Å². The number of hydrogen-bond donors (Lipinski definition) is 2. The van der Waals surface area contributed by atoms with Gasteiger partial charge >= 0.3 is 0 Å². The number of anilines is 2. The summed E-state index contributed by atoms with van der Waals surface area (Å²) in [6, 6.07) is 16.1. The Morgan fingerprint density at radius 2 is 1.90 bits per heavy atom. The molecule has 4 nitrogen and oxygen atoms in total. The van der Waals surface area contributed by atoms with E-state index in [1.807, 2.05) is 41.5 Å². The fraction of sp³-hybridized carbons (Fsp3) is 0.208. The Kier molecular flexibility index (Phi) is 4.23. The molecule has 0 aromatic heterocycles. The van der Waals surface area contributed by atoms with Crippen LogP contribution in [0.2, 0.25) is 0 Å². The van der Waals surface area contributed by atoms with Gasteiger partial charge in [0.2, 0.25) is 5.91 Å². The normalized spacial score (nSPS) is 22.5. The lowest BCUT2D eigenvalue weighted by Crippen LogP contribution is -2.30. The molecule has 146 valence electrons. The lowest BCUT2D eigenvalue weighted by atomic mass is 9.80. The van der Waals surface area contributed by atoms with E-state index in [4.69, 9.17) is 0 Å². The first kappa shape index (κ1) is 17.7. The molecule has 0 fully saturated rings. The summed E-state index contributed by atoms with van der Waals surface area (Å²) < 4.78 is 13.3. The highest BCUT2D eigenvalue weighted by molar-refractivity contribution is 5.95. The zero-order valence-electron chi connectivity index (χ0n) is 16.2. The zero-order chi connectivity index (χ0) is 20.0. The third-order valence-electron chi connectivity index (χ3n) is 6.02. The predicted molar refractivity (Wildman–Crippen MR) is 112 cm³/mol. The average Bonchev–Trinajstić information content (AvgIpc) is 3.35. The highest BCUT2D eigenvalue weighted by Gasteiger charge is 2.40. The van der Waals surface area contributed by atoms with E-state index < -0.39 is 0 Å². The number of fused-ring (bicyclic) bond motifs is 1. The van der Waals surface area contributed by atoms with Crippen molar-refractivity contribution in [2.45, 2.75) is 19.8 Å². The Labute approximate surface area is 169 Å². The Balaban J connectivity index is 1.44. The zero-order valence-corrected chi connectivity index (χ0v) is 16.2. The molecule has 3 aliphatic rings. The van der Waals surface area contributed by atoms with Crippen molar-refractivity contribution in [2.24, 2.45) is 11.8 Å². The molecule has 29 heavy (non-hydrogen) atoms. The molecule has 0 saturated heterocycles. The molecule has 1 heterocycles. The van der Waals surface area contributed by atoms with Gasteiger partial charge in [0.25, 0.3) is 0 Å². The van der Waals surface area contributed by atoms with E-state index in [9.17, 15) is 9.18 Å². The van der Waals surface area contributed by atoms with Crippen LogP contribution in [0.25, 0.3) is 0 Å². The fourth-order valence-electron chi connectivity index (χ4n) is 4.62. The number of para-hydroxylation sites is 1. The molecule has 0 spiro atoms. The Hall–Kier alpha value is -3.34. The summed E-state index contributed by atoms with van der Waals surface area (Å²) in [6.45, 7) is 2.16. The molecule has 0 saturated carbocycles. The number of carbonyl (C=O) groups is 1. The van der Waals surface area contributed by atoms with Crippen molar-refractivity contribution >= 4 is 17.3 Å². The number of halogens is 1. The van der Waals surface area contributed by atoms with Crippen molar-refractivity contribution in [3.05, 3.63) is 95.1 Å². The van der Waals surface area contributed by atoms with Crippen molar-refractivity contribution in [3.63, 3.8) is 0 Å². The first-order valence-electron chi connectivity index (χ1n) is 9.94. The Bertz CT molecular complexity index is 1050. The summed E-state index contributed by atoms with van der Waals surface area (Å²) in [6.07, 6.45) is 5.89. The van der Waals surface area contributed by atoms with Gasteiger partial charge < -0.3 is 10.7 Å². The maximum absolute atomic E-state index is 13.3. The minimum atomic E-state index is -0.250. The van der Waals surface area contributed by atoms with Crippen molar-refractivity contribution in [2.75, 3.05) is 10.3 Å². The topological polar surface area (TPSA) is 44.4 Å². The maximum Gasteiger partial charge on any atom is 0.231 e. The molecule has 5 heteroatoms. The van der Waals surface area contributed by atoms with Crippen LogP contribution in [0, 0.1) is 17.7 Å². The van der Waals surface area contributed by atoms with Crippen molar-refractivity contribution in [3.8, 4) is 0 Å². The SMILES string of the molecule is C[C@H]1C2=CNN(c3ccc(F)cc3)C2=CC2=C1[C@@H](C(=O)Nc1ccccc1)CC2. The largest absolute Gasteiger partial charge is 0.326 e. The van der Waals surface area contributed by atoms with Crippen LogP contribution in [0.5, 0.6) is 0 Å². The smallest absolute Gasteiger partial charge is 0.231 e. The molecule has 2 atom stereocenters. The highest BCUT2D eigenvalue weighted by atomic mass is 19.1. The van der Waals surface area contributed by atoms with E-state index >= 15 is 0 Å². The molecule has 5 rings (SSSR count). The number of hydrazine groups is 1. The molecular weight excluding hydrogens is 365 g/mol. The van der Waals surface area contributed by atoms with Crippen LogP contribution in [0.1, 0.15) is 19.8 Å². The van der Waals surface area contributed by atoms with Gasteiger partial charge in [-0.2, -0.15) is 0 Å². The summed E-state index contributed by atoms with van der Waals surface area (Å²) in [7, 11) is 0. The summed E-state index contributed by atoms with van der Waals surface area (Å²) in [5.74, 6) is -0.150. The molecule has 2 aromatic carbocycles. The van der Waals surface area contributed by atoms with E-state index in [0.29, 0.717) is 0 Å². The van der Waals surface area contributed by atoms with Crippen LogP contribution in [-0.4, -0.2) is 5.91 Å². The summed E-state index contributed by atoms with van der Waals surface area (Å²) in [5.41, 5.74) is 9.70. The van der Waals surface area contributed by atoms with Gasteiger partial charge in [-0.1, -0.05) is 25.1 Å². The molecule has 2 N–H and O–H groups in total. The van der Waals surface area contributed by atoms with Gasteiger partial charge in [-0.15, -0.1) is 0 Å². The predicted octanol–water partition coefficient (Wildman–Crippen LogP) is 4.91. The van der Waals surface area contributed by atoms with Crippen LogP contribution in [0.4, 0.5) is 15.8 Å². The van der Waals surface area contributed by atoms with Crippen molar-refractivity contribution in [1.29, 1.82) is 0 Å². The average molecular weight is 387 g/mol. The molecule has 1 aliphatic heterocycles. The number of carbonyl (C=O) groups excluding carboxylic acids is 1. The summed E-state index contributed by atoms with van der Waals surface area (Å²) in [4.78, 5) is 13.0. The van der Waals surface area contributed by atoms with Crippen molar-refractivity contribution < 1.29 is 9.18 Å². The van der Waals surface area contributed by atoms with Crippen LogP contribution < -0.4 is 15.8 Å². The first-order chi connectivity index (χ1) is 14.1.